The third-order valence-electron chi connectivity index (χ3n) is 3.70. The minimum atomic E-state index is 0.312. The molecule has 0 aliphatic heterocycles. The van der Waals surface area contributed by atoms with E-state index in [9.17, 15) is 0 Å². The third-order valence-corrected chi connectivity index (χ3v) is 4.07. The molecular formula is C19H24ClNO. The standard InChI is InChI=1S/C19H24ClNO/c1-3-22-18-11-6-9-17(14-18)15(2)21-13-7-10-16-8-4-5-12-19(16)20/h4-6,8-9,11-12,14-15,21H,3,7,10,13H2,1-2H3. The van der Waals surface area contributed by atoms with E-state index in [1.54, 1.807) is 0 Å². The van der Waals surface area contributed by atoms with Crippen molar-refractivity contribution in [2.24, 2.45) is 0 Å². The Morgan fingerprint density at radius 2 is 1.95 bits per heavy atom. The second-order valence-electron chi connectivity index (χ2n) is 5.38. The molecule has 2 nitrogen and oxygen atoms in total. The first-order chi connectivity index (χ1) is 10.7. The predicted octanol–water partition coefficient (Wildman–Crippen LogP) is 5.02. The van der Waals surface area contributed by atoms with Gasteiger partial charge in [-0.2, -0.15) is 0 Å². The molecule has 0 aliphatic carbocycles. The van der Waals surface area contributed by atoms with Crippen LogP contribution in [0.5, 0.6) is 5.75 Å². The van der Waals surface area contributed by atoms with E-state index in [0.717, 1.165) is 30.2 Å². The van der Waals surface area contributed by atoms with Crippen LogP contribution in [0.1, 0.15) is 37.4 Å². The summed E-state index contributed by atoms with van der Waals surface area (Å²) in [5.74, 6) is 0.935. The second kappa shape index (κ2) is 8.82. The molecule has 22 heavy (non-hydrogen) atoms. The summed E-state index contributed by atoms with van der Waals surface area (Å²) >= 11 is 6.17. The minimum Gasteiger partial charge on any atom is -0.494 e. The van der Waals surface area contributed by atoms with Crippen LogP contribution < -0.4 is 10.1 Å². The highest BCUT2D eigenvalue weighted by atomic mass is 35.5. The van der Waals surface area contributed by atoms with E-state index < -0.39 is 0 Å². The van der Waals surface area contributed by atoms with Crippen molar-refractivity contribution in [2.75, 3.05) is 13.2 Å². The number of hydrogen-bond donors (Lipinski definition) is 1. The van der Waals surface area contributed by atoms with Gasteiger partial charge in [0.05, 0.1) is 6.61 Å². The quantitative estimate of drug-likeness (QED) is 0.690. The zero-order valence-electron chi connectivity index (χ0n) is 13.3. The first-order valence-corrected chi connectivity index (χ1v) is 8.28. The fraction of sp³-hybridized carbons (Fsp3) is 0.368. The van der Waals surface area contributed by atoms with Gasteiger partial charge in [-0.15, -0.1) is 0 Å². The van der Waals surface area contributed by atoms with Crippen molar-refractivity contribution in [1.29, 1.82) is 0 Å². The summed E-state index contributed by atoms with van der Waals surface area (Å²) in [6.45, 7) is 5.85. The van der Waals surface area contributed by atoms with Gasteiger partial charge in [-0.3, -0.25) is 0 Å². The molecule has 0 radical (unpaired) electrons. The second-order valence-corrected chi connectivity index (χ2v) is 5.78. The number of rotatable bonds is 8. The van der Waals surface area contributed by atoms with Gasteiger partial charge in [0.2, 0.25) is 0 Å². The lowest BCUT2D eigenvalue weighted by molar-refractivity contribution is 0.339. The first-order valence-electron chi connectivity index (χ1n) is 7.90. The monoisotopic (exact) mass is 317 g/mol. The van der Waals surface area contributed by atoms with Crippen LogP contribution >= 0.6 is 11.6 Å². The third kappa shape index (κ3) is 5.04. The number of hydrogen-bond acceptors (Lipinski definition) is 2. The van der Waals surface area contributed by atoms with Gasteiger partial charge >= 0.3 is 0 Å². The highest BCUT2D eigenvalue weighted by Crippen LogP contribution is 2.20. The average Bonchev–Trinajstić information content (AvgIpc) is 2.53. The van der Waals surface area contributed by atoms with E-state index >= 15 is 0 Å². The fourth-order valence-corrected chi connectivity index (χ4v) is 2.69. The molecule has 1 atom stereocenters. The normalized spacial score (nSPS) is 12.1. The van der Waals surface area contributed by atoms with Crippen molar-refractivity contribution in [3.05, 3.63) is 64.7 Å². The van der Waals surface area contributed by atoms with Gasteiger partial charge in [-0.25, -0.2) is 0 Å². The van der Waals surface area contributed by atoms with Gasteiger partial charge in [0.15, 0.2) is 0 Å². The predicted molar refractivity (Wildman–Crippen MR) is 93.8 cm³/mol. The van der Waals surface area contributed by atoms with Gasteiger partial charge in [-0.05, 0) is 62.6 Å². The lowest BCUT2D eigenvalue weighted by atomic mass is 10.1. The SMILES string of the molecule is CCOc1cccc(C(C)NCCCc2ccccc2Cl)c1. The first kappa shape index (κ1) is 16.9. The summed E-state index contributed by atoms with van der Waals surface area (Å²) in [5, 5.41) is 4.42. The zero-order chi connectivity index (χ0) is 15.8. The van der Waals surface area contributed by atoms with Crippen molar-refractivity contribution in [3.63, 3.8) is 0 Å². The number of halogens is 1. The van der Waals surface area contributed by atoms with Crippen LogP contribution in [0.3, 0.4) is 0 Å². The summed E-state index contributed by atoms with van der Waals surface area (Å²) < 4.78 is 5.55. The molecule has 1 unspecified atom stereocenters. The Bertz CT molecular complexity index is 585. The average molecular weight is 318 g/mol. The fourth-order valence-electron chi connectivity index (χ4n) is 2.46. The smallest absolute Gasteiger partial charge is 0.119 e. The summed E-state index contributed by atoms with van der Waals surface area (Å²) in [5.41, 5.74) is 2.47. The van der Waals surface area contributed by atoms with Gasteiger partial charge in [0, 0.05) is 11.1 Å². The topological polar surface area (TPSA) is 21.3 Å². The minimum absolute atomic E-state index is 0.312. The lowest BCUT2D eigenvalue weighted by Gasteiger charge is -2.15. The molecule has 0 saturated heterocycles. The Labute approximate surface area is 138 Å². The molecule has 118 valence electrons. The maximum atomic E-state index is 6.17. The van der Waals surface area contributed by atoms with Crippen LogP contribution in [-0.4, -0.2) is 13.2 Å². The van der Waals surface area contributed by atoms with E-state index in [1.165, 1.54) is 11.1 Å². The van der Waals surface area contributed by atoms with Crippen LogP contribution in [0.15, 0.2) is 48.5 Å². The van der Waals surface area contributed by atoms with E-state index in [1.807, 2.05) is 37.3 Å². The van der Waals surface area contributed by atoms with Crippen molar-refractivity contribution in [3.8, 4) is 5.75 Å². The van der Waals surface area contributed by atoms with E-state index in [4.69, 9.17) is 16.3 Å². The molecule has 1 N–H and O–H groups in total. The number of ether oxygens (including phenoxy) is 1. The largest absolute Gasteiger partial charge is 0.494 e. The number of aryl methyl sites for hydroxylation is 1. The molecule has 0 saturated carbocycles. The molecule has 0 aromatic heterocycles. The van der Waals surface area contributed by atoms with E-state index in [0.29, 0.717) is 12.6 Å². The summed E-state index contributed by atoms with van der Waals surface area (Å²) in [7, 11) is 0. The van der Waals surface area contributed by atoms with Crippen molar-refractivity contribution >= 4 is 11.6 Å². The van der Waals surface area contributed by atoms with Crippen molar-refractivity contribution in [1.82, 2.24) is 5.32 Å². The zero-order valence-corrected chi connectivity index (χ0v) is 14.1. The Kier molecular flexibility index (Phi) is 6.75. The molecular weight excluding hydrogens is 294 g/mol. The molecule has 0 amide bonds. The maximum Gasteiger partial charge on any atom is 0.119 e. The Morgan fingerprint density at radius 1 is 1.14 bits per heavy atom. The molecule has 0 spiro atoms. The Balaban J connectivity index is 1.79. The van der Waals surface area contributed by atoms with Gasteiger partial charge in [-0.1, -0.05) is 41.9 Å². The van der Waals surface area contributed by atoms with Gasteiger partial charge in [0.25, 0.3) is 0 Å². The van der Waals surface area contributed by atoms with Crippen LogP contribution in [0.4, 0.5) is 0 Å². The van der Waals surface area contributed by atoms with Crippen LogP contribution in [0.25, 0.3) is 0 Å². The molecule has 0 fully saturated rings. The number of benzene rings is 2. The number of nitrogens with one attached hydrogen (secondary N) is 1. The van der Waals surface area contributed by atoms with Crippen LogP contribution in [0, 0.1) is 0 Å². The Morgan fingerprint density at radius 3 is 2.73 bits per heavy atom. The highest BCUT2D eigenvalue weighted by Gasteiger charge is 2.06. The van der Waals surface area contributed by atoms with Crippen molar-refractivity contribution in [2.45, 2.75) is 32.7 Å². The molecule has 3 heteroatoms. The Hall–Kier alpha value is -1.51. The molecule has 2 aromatic rings. The van der Waals surface area contributed by atoms with E-state index in [-0.39, 0.29) is 0 Å². The van der Waals surface area contributed by atoms with Gasteiger partial charge in [0.1, 0.15) is 5.75 Å². The molecule has 2 rings (SSSR count). The van der Waals surface area contributed by atoms with Crippen LogP contribution in [-0.2, 0) is 6.42 Å². The molecule has 2 aromatic carbocycles. The molecule has 0 bridgehead atoms. The lowest BCUT2D eigenvalue weighted by Crippen LogP contribution is -2.20. The summed E-state index contributed by atoms with van der Waals surface area (Å²) in [6.07, 6.45) is 2.07. The maximum absolute atomic E-state index is 6.17. The van der Waals surface area contributed by atoms with Gasteiger partial charge < -0.3 is 10.1 Å². The van der Waals surface area contributed by atoms with E-state index in [2.05, 4.69) is 30.4 Å². The summed E-state index contributed by atoms with van der Waals surface area (Å²) in [6, 6.07) is 16.6. The summed E-state index contributed by atoms with van der Waals surface area (Å²) in [4.78, 5) is 0. The van der Waals surface area contributed by atoms with Crippen LogP contribution in [0.2, 0.25) is 5.02 Å². The van der Waals surface area contributed by atoms with Crippen molar-refractivity contribution < 1.29 is 4.74 Å². The molecule has 0 heterocycles. The molecule has 0 aliphatic rings. The highest BCUT2D eigenvalue weighted by molar-refractivity contribution is 6.31.